The van der Waals surface area contributed by atoms with Crippen molar-refractivity contribution in [3.05, 3.63) is 30.1 Å². The van der Waals surface area contributed by atoms with Crippen molar-refractivity contribution in [2.45, 2.75) is 18.5 Å². The quantitative estimate of drug-likeness (QED) is 0.777. The Hall–Kier alpha value is -1.60. The van der Waals surface area contributed by atoms with Crippen LogP contribution in [0.2, 0.25) is 0 Å². The lowest BCUT2D eigenvalue weighted by atomic mass is 10.1. The van der Waals surface area contributed by atoms with Crippen molar-refractivity contribution in [1.82, 2.24) is 20.6 Å². The van der Waals surface area contributed by atoms with Gasteiger partial charge < -0.3 is 10.6 Å². The average Bonchev–Trinajstić information content (AvgIpc) is 3.11. The first-order chi connectivity index (χ1) is 9.86. The largest absolute Gasteiger partial charge is 0.328 e. The number of carbonyl (C=O) groups is 1. The predicted octanol–water partition coefficient (Wildman–Crippen LogP) is 0.583. The summed E-state index contributed by atoms with van der Waals surface area (Å²) in [7, 11) is 0. The van der Waals surface area contributed by atoms with E-state index in [0.717, 1.165) is 36.7 Å². The summed E-state index contributed by atoms with van der Waals surface area (Å²) in [5.74, 6) is 0.463. The summed E-state index contributed by atoms with van der Waals surface area (Å²) in [5, 5.41) is 13.8. The topological polar surface area (TPSA) is 69.6 Å². The molecule has 0 spiro atoms. The molecule has 3 rings (SSSR count). The van der Waals surface area contributed by atoms with Crippen LogP contribution in [-0.4, -0.2) is 40.0 Å². The van der Waals surface area contributed by atoms with E-state index >= 15 is 0 Å². The molecule has 2 unspecified atom stereocenters. The number of rotatable bonds is 5. The minimum Gasteiger partial charge on any atom is -0.328 e. The van der Waals surface area contributed by atoms with E-state index in [-0.39, 0.29) is 5.50 Å². The second-order valence-corrected chi connectivity index (χ2v) is 5.90. The highest BCUT2D eigenvalue weighted by molar-refractivity contribution is 8.14. The van der Waals surface area contributed by atoms with Gasteiger partial charge in [0.1, 0.15) is 5.04 Å². The van der Waals surface area contributed by atoms with Crippen molar-refractivity contribution in [1.29, 1.82) is 0 Å². The molecule has 3 heterocycles. The lowest BCUT2D eigenvalue weighted by Crippen LogP contribution is -2.36. The summed E-state index contributed by atoms with van der Waals surface area (Å²) >= 11 is 1.63. The summed E-state index contributed by atoms with van der Waals surface area (Å²) in [6, 6.07) is 5.81. The van der Waals surface area contributed by atoms with Gasteiger partial charge in [0.25, 0.3) is 0 Å². The third-order valence-corrected chi connectivity index (χ3v) is 4.66. The smallest absolute Gasteiger partial charge is 0.209 e. The van der Waals surface area contributed by atoms with E-state index in [4.69, 9.17) is 0 Å². The SMILES string of the molecule is O=CNC1SC(C2CCNC2)=NN1Cc1ccccn1. The van der Waals surface area contributed by atoms with Crippen molar-refractivity contribution in [2.75, 3.05) is 13.1 Å². The molecule has 20 heavy (non-hydrogen) atoms. The van der Waals surface area contributed by atoms with Crippen LogP contribution in [0.5, 0.6) is 0 Å². The summed E-state index contributed by atoms with van der Waals surface area (Å²) < 4.78 is 0. The van der Waals surface area contributed by atoms with Gasteiger partial charge in [-0.1, -0.05) is 17.8 Å². The lowest BCUT2D eigenvalue weighted by Gasteiger charge is -2.21. The molecule has 0 saturated carbocycles. The number of nitrogens with zero attached hydrogens (tertiary/aromatic N) is 3. The van der Waals surface area contributed by atoms with E-state index in [2.05, 4.69) is 20.7 Å². The molecular weight excluding hydrogens is 274 g/mol. The van der Waals surface area contributed by atoms with Crippen LogP contribution >= 0.6 is 11.8 Å². The molecular formula is C13H17N5OS. The van der Waals surface area contributed by atoms with Crippen molar-refractivity contribution >= 4 is 23.2 Å². The zero-order chi connectivity index (χ0) is 13.8. The maximum atomic E-state index is 10.8. The van der Waals surface area contributed by atoms with Crippen LogP contribution < -0.4 is 10.6 Å². The minimum absolute atomic E-state index is 0.134. The van der Waals surface area contributed by atoms with Gasteiger partial charge in [-0.3, -0.25) is 14.8 Å². The number of nitrogens with one attached hydrogen (secondary N) is 2. The minimum atomic E-state index is -0.134. The molecule has 1 aromatic rings. The average molecular weight is 291 g/mol. The highest BCUT2D eigenvalue weighted by Gasteiger charge is 2.32. The van der Waals surface area contributed by atoms with E-state index in [0.29, 0.717) is 12.5 Å². The van der Waals surface area contributed by atoms with E-state index < -0.39 is 0 Å². The Bertz CT molecular complexity index is 489. The van der Waals surface area contributed by atoms with Gasteiger partial charge in [-0.25, -0.2) is 0 Å². The number of hydrogen-bond acceptors (Lipinski definition) is 6. The summed E-state index contributed by atoms with van der Waals surface area (Å²) in [5.41, 5.74) is 0.811. The Kier molecular flexibility index (Phi) is 4.17. The third kappa shape index (κ3) is 2.94. The van der Waals surface area contributed by atoms with E-state index in [9.17, 15) is 4.79 Å². The fourth-order valence-electron chi connectivity index (χ4n) is 2.38. The van der Waals surface area contributed by atoms with Crippen molar-refractivity contribution < 1.29 is 4.79 Å². The normalized spacial score (nSPS) is 25.6. The number of amides is 1. The highest BCUT2D eigenvalue weighted by Crippen LogP contribution is 2.31. The molecule has 1 saturated heterocycles. The second-order valence-electron chi connectivity index (χ2n) is 4.80. The molecule has 0 bridgehead atoms. The first-order valence-electron chi connectivity index (χ1n) is 6.69. The monoisotopic (exact) mass is 291 g/mol. The summed E-state index contributed by atoms with van der Waals surface area (Å²) in [6.07, 6.45) is 3.61. The van der Waals surface area contributed by atoms with Gasteiger partial charge in [0, 0.05) is 18.7 Å². The van der Waals surface area contributed by atoms with Gasteiger partial charge in [-0.2, -0.15) is 5.10 Å². The molecule has 2 atom stereocenters. The third-order valence-electron chi connectivity index (χ3n) is 3.40. The molecule has 1 amide bonds. The van der Waals surface area contributed by atoms with Crippen LogP contribution in [0.1, 0.15) is 12.1 Å². The van der Waals surface area contributed by atoms with Crippen LogP contribution in [0.25, 0.3) is 0 Å². The Morgan fingerprint density at radius 2 is 2.50 bits per heavy atom. The maximum Gasteiger partial charge on any atom is 0.209 e. The molecule has 2 aliphatic rings. The molecule has 0 aromatic carbocycles. The number of hydrogen-bond donors (Lipinski definition) is 2. The Morgan fingerprint density at radius 3 is 3.20 bits per heavy atom. The number of aromatic nitrogens is 1. The first kappa shape index (κ1) is 13.4. The van der Waals surface area contributed by atoms with E-state index in [1.165, 1.54) is 0 Å². The van der Waals surface area contributed by atoms with Gasteiger partial charge in [0.2, 0.25) is 6.41 Å². The second kappa shape index (κ2) is 6.23. The van der Waals surface area contributed by atoms with Gasteiger partial charge >= 0.3 is 0 Å². The summed E-state index contributed by atoms with van der Waals surface area (Å²) in [6.45, 7) is 2.61. The van der Waals surface area contributed by atoms with Crippen LogP contribution in [0.15, 0.2) is 29.5 Å². The molecule has 106 valence electrons. The zero-order valence-corrected chi connectivity index (χ0v) is 11.8. The van der Waals surface area contributed by atoms with Gasteiger partial charge in [-0.15, -0.1) is 0 Å². The number of carbonyl (C=O) groups excluding carboxylic acids is 1. The molecule has 6 nitrogen and oxygen atoms in total. The molecule has 7 heteroatoms. The number of thioether (sulfide) groups is 1. The number of pyridine rings is 1. The van der Waals surface area contributed by atoms with Crippen molar-refractivity contribution in [3.63, 3.8) is 0 Å². The predicted molar refractivity (Wildman–Crippen MR) is 78.8 cm³/mol. The maximum absolute atomic E-state index is 10.8. The fraction of sp³-hybridized carbons (Fsp3) is 0.462. The number of hydrazone groups is 1. The van der Waals surface area contributed by atoms with Crippen LogP contribution in [0, 0.1) is 5.92 Å². The van der Waals surface area contributed by atoms with E-state index in [1.54, 1.807) is 18.0 Å². The van der Waals surface area contributed by atoms with Crippen molar-refractivity contribution in [2.24, 2.45) is 11.0 Å². The Labute approximate surface area is 122 Å². The van der Waals surface area contributed by atoms with Gasteiger partial charge in [0.15, 0.2) is 5.50 Å². The molecule has 2 N–H and O–H groups in total. The van der Waals surface area contributed by atoms with E-state index in [1.807, 2.05) is 23.2 Å². The molecule has 0 aliphatic carbocycles. The van der Waals surface area contributed by atoms with Crippen LogP contribution in [0.3, 0.4) is 0 Å². The summed E-state index contributed by atoms with van der Waals surface area (Å²) in [4.78, 5) is 15.1. The Morgan fingerprint density at radius 1 is 1.55 bits per heavy atom. The van der Waals surface area contributed by atoms with Gasteiger partial charge in [0.05, 0.1) is 12.2 Å². The standard InChI is InChI=1S/C13H17N5OS/c19-9-16-13-18(8-11-3-1-2-5-15-11)17-12(20-13)10-4-6-14-7-10/h1-3,5,9-10,13-14H,4,6-8H2,(H,16,19). The zero-order valence-electron chi connectivity index (χ0n) is 11.0. The van der Waals surface area contributed by atoms with Crippen LogP contribution in [0.4, 0.5) is 0 Å². The van der Waals surface area contributed by atoms with Crippen LogP contribution in [-0.2, 0) is 11.3 Å². The first-order valence-corrected chi connectivity index (χ1v) is 7.57. The molecule has 2 aliphatic heterocycles. The molecule has 0 radical (unpaired) electrons. The molecule has 1 aromatic heterocycles. The Balaban J connectivity index is 1.72. The highest BCUT2D eigenvalue weighted by atomic mass is 32.2. The van der Waals surface area contributed by atoms with Crippen molar-refractivity contribution in [3.8, 4) is 0 Å². The molecule has 1 fully saturated rings. The lowest BCUT2D eigenvalue weighted by molar-refractivity contribution is -0.110. The fourth-order valence-corrected chi connectivity index (χ4v) is 3.52. The van der Waals surface area contributed by atoms with Gasteiger partial charge in [-0.05, 0) is 25.1 Å².